The predicted octanol–water partition coefficient (Wildman–Crippen LogP) is 3.35. The van der Waals surface area contributed by atoms with Gasteiger partial charge in [-0.1, -0.05) is 6.07 Å². The van der Waals surface area contributed by atoms with Crippen molar-refractivity contribution in [2.75, 3.05) is 18.4 Å². The lowest BCUT2D eigenvalue weighted by molar-refractivity contribution is 0.196. The Morgan fingerprint density at radius 2 is 2.14 bits per heavy atom. The molecule has 1 N–H and O–H groups in total. The Balaban J connectivity index is 1.50. The fraction of sp³-hybridized carbons (Fsp3) is 0.429. The Bertz CT molecular complexity index is 949. The smallest absolute Gasteiger partial charge is 0.135 e. The summed E-state index contributed by atoms with van der Waals surface area (Å²) in [4.78, 5) is 16.5. The first-order chi connectivity index (χ1) is 13.6. The van der Waals surface area contributed by atoms with E-state index in [2.05, 4.69) is 26.5 Å². The van der Waals surface area contributed by atoms with Gasteiger partial charge in [0, 0.05) is 55.8 Å². The molecule has 4 heterocycles. The van der Waals surface area contributed by atoms with Crippen LogP contribution in [0.25, 0.3) is 0 Å². The maximum absolute atomic E-state index is 4.83. The van der Waals surface area contributed by atoms with Crippen LogP contribution in [0.3, 0.4) is 0 Å². The zero-order valence-electron chi connectivity index (χ0n) is 16.8. The van der Waals surface area contributed by atoms with E-state index < -0.39 is 0 Å². The highest BCUT2D eigenvalue weighted by atomic mass is 15.2. The van der Waals surface area contributed by atoms with Crippen LogP contribution in [0, 0.1) is 13.8 Å². The maximum atomic E-state index is 4.83. The van der Waals surface area contributed by atoms with Gasteiger partial charge in [0.05, 0.1) is 6.20 Å². The second kappa shape index (κ2) is 8.06. The molecule has 0 aliphatic carbocycles. The molecule has 28 heavy (non-hydrogen) atoms. The predicted molar refractivity (Wildman–Crippen MR) is 109 cm³/mol. The van der Waals surface area contributed by atoms with E-state index in [-0.39, 0.29) is 0 Å². The second-order valence-electron chi connectivity index (χ2n) is 7.64. The zero-order valence-corrected chi connectivity index (χ0v) is 16.8. The van der Waals surface area contributed by atoms with Crippen LogP contribution >= 0.6 is 0 Å². The van der Waals surface area contributed by atoms with E-state index >= 15 is 0 Å². The first-order valence-corrected chi connectivity index (χ1v) is 9.81. The lowest BCUT2D eigenvalue weighted by Gasteiger charge is -2.31. The molecular weight excluding hydrogens is 350 g/mol. The molecule has 0 amide bonds. The summed E-state index contributed by atoms with van der Waals surface area (Å²) < 4.78 is 1.86. The SMILES string of the molecule is Cc1cc(Nc2ncccc2C)nc([C@H]2CCCN(Cc3cnn(C)c3)C2)n1. The number of piperidine rings is 1. The number of hydrogen-bond acceptors (Lipinski definition) is 6. The fourth-order valence-electron chi connectivity index (χ4n) is 3.80. The Hall–Kier alpha value is -2.80. The molecule has 0 unspecified atom stereocenters. The Kier molecular flexibility index (Phi) is 5.34. The number of nitrogens with one attached hydrogen (secondary N) is 1. The van der Waals surface area contributed by atoms with Crippen LogP contribution in [0.4, 0.5) is 11.6 Å². The first-order valence-electron chi connectivity index (χ1n) is 9.81. The van der Waals surface area contributed by atoms with Gasteiger partial charge in [-0.25, -0.2) is 15.0 Å². The van der Waals surface area contributed by atoms with E-state index in [0.717, 1.165) is 61.2 Å². The summed E-state index contributed by atoms with van der Waals surface area (Å²) in [6.45, 7) is 7.07. The second-order valence-corrected chi connectivity index (χ2v) is 7.64. The molecule has 7 heteroatoms. The van der Waals surface area contributed by atoms with Crippen molar-refractivity contribution in [3.8, 4) is 0 Å². The number of rotatable bonds is 5. The summed E-state index contributed by atoms with van der Waals surface area (Å²) in [6.07, 6.45) is 8.11. The third-order valence-electron chi connectivity index (χ3n) is 5.16. The van der Waals surface area contributed by atoms with Gasteiger partial charge in [0.1, 0.15) is 17.5 Å². The van der Waals surface area contributed by atoms with Crippen LogP contribution < -0.4 is 5.32 Å². The molecule has 0 radical (unpaired) electrons. The molecule has 1 aliphatic rings. The highest BCUT2D eigenvalue weighted by Gasteiger charge is 2.24. The van der Waals surface area contributed by atoms with Gasteiger partial charge in [0.15, 0.2) is 0 Å². The summed E-state index contributed by atoms with van der Waals surface area (Å²) in [7, 11) is 1.96. The number of aromatic nitrogens is 5. The summed E-state index contributed by atoms with van der Waals surface area (Å²) in [5.74, 6) is 2.92. The molecule has 1 saturated heterocycles. The molecule has 3 aromatic heterocycles. The molecule has 0 spiro atoms. The van der Waals surface area contributed by atoms with E-state index in [1.165, 1.54) is 5.56 Å². The molecule has 1 aliphatic heterocycles. The number of likely N-dealkylation sites (tertiary alicyclic amines) is 1. The zero-order chi connectivity index (χ0) is 19.5. The standard InChI is InChI=1S/C21H27N7/c1-15-6-4-8-22-20(15)25-19-10-16(2)24-21(26-19)18-7-5-9-28(14-18)13-17-11-23-27(3)12-17/h4,6,8,10-12,18H,5,7,9,13-14H2,1-3H3,(H,22,24,25,26)/t18-/m0/s1. The number of hydrogen-bond donors (Lipinski definition) is 1. The van der Waals surface area contributed by atoms with Gasteiger partial charge >= 0.3 is 0 Å². The van der Waals surface area contributed by atoms with Crippen LogP contribution in [0.5, 0.6) is 0 Å². The van der Waals surface area contributed by atoms with Crippen molar-refractivity contribution < 1.29 is 0 Å². The van der Waals surface area contributed by atoms with Crippen LogP contribution in [0.1, 0.15) is 41.4 Å². The average Bonchev–Trinajstić information content (AvgIpc) is 3.08. The maximum Gasteiger partial charge on any atom is 0.135 e. The topological polar surface area (TPSA) is 71.8 Å². The third-order valence-corrected chi connectivity index (χ3v) is 5.16. The number of nitrogens with zero attached hydrogens (tertiary/aromatic N) is 6. The minimum absolute atomic E-state index is 0.343. The van der Waals surface area contributed by atoms with Crippen molar-refractivity contribution in [3.63, 3.8) is 0 Å². The van der Waals surface area contributed by atoms with Crippen molar-refractivity contribution in [3.05, 3.63) is 59.4 Å². The van der Waals surface area contributed by atoms with E-state index in [9.17, 15) is 0 Å². The van der Waals surface area contributed by atoms with E-state index in [1.54, 1.807) is 6.20 Å². The molecule has 1 atom stereocenters. The number of pyridine rings is 1. The largest absolute Gasteiger partial charge is 0.325 e. The minimum Gasteiger partial charge on any atom is -0.325 e. The Morgan fingerprint density at radius 3 is 2.93 bits per heavy atom. The molecule has 0 saturated carbocycles. The van der Waals surface area contributed by atoms with Gasteiger partial charge < -0.3 is 5.32 Å². The summed E-state index contributed by atoms with van der Waals surface area (Å²) in [6, 6.07) is 5.96. The van der Waals surface area contributed by atoms with Crippen molar-refractivity contribution in [1.29, 1.82) is 0 Å². The monoisotopic (exact) mass is 377 g/mol. The summed E-state index contributed by atoms with van der Waals surface area (Å²) in [5.41, 5.74) is 3.33. The fourth-order valence-corrected chi connectivity index (χ4v) is 3.80. The van der Waals surface area contributed by atoms with Crippen LogP contribution in [-0.2, 0) is 13.6 Å². The van der Waals surface area contributed by atoms with Crippen molar-refractivity contribution in [2.45, 2.75) is 39.2 Å². The number of aryl methyl sites for hydroxylation is 3. The van der Waals surface area contributed by atoms with Crippen molar-refractivity contribution >= 4 is 11.6 Å². The van der Waals surface area contributed by atoms with Gasteiger partial charge in [-0.2, -0.15) is 5.10 Å². The average molecular weight is 377 g/mol. The normalized spacial score (nSPS) is 17.6. The van der Waals surface area contributed by atoms with Crippen molar-refractivity contribution in [1.82, 2.24) is 29.6 Å². The minimum atomic E-state index is 0.343. The molecule has 0 aromatic carbocycles. The van der Waals surface area contributed by atoms with Gasteiger partial charge in [-0.05, 0) is 44.9 Å². The molecule has 1 fully saturated rings. The quantitative estimate of drug-likeness (QED) is 0.735. The number of anilines is 2. The summed E-state index contributed by atoms with van der Waals surface area (Å²) >= 11 is 0. The lowest BCUT2D eigenvalue weighted by atomic mass is 9.96. The van der Waals surface area contributed by atoms with Crippen molar-refractivity contribution in [2.24, 2.45) is 7.05 Å². The molecule has 146 valence electrons. The molecule has 7 nitrogen and oxygen atoms in total. The van der Waals surface area contributed by atoms with Crippen LogP contribution in [0.15, 0.2) is 36.8 Å². The van der Waals surface area contributed by atoms with Gasteiger partial charge in [0.2, 0.25) is 0 Å². The molecule has 3 aromatic rings. The van der Waals surface area contributed by atoms with E-state index in [4.69, 9.17) is 9.97 Å². The Labute approximate surface area is 165 Å². The third kappa shape index (κ3) is 4.36. The van der Waals surface area contributed by atoms with Gasteiger partial charge in [-0.15, -0.1) is 0 Å². The first kappa shape index (κ1) is 18.6. The van der Waals surface area contributed by atoms with E-state index in [1.807, 2.05) is 50.0 Å². The molecular formula is C21H27N7. The van der Waals surface area contributed by atoms with Crippen LogP contribution in [0.2, 0.25) is 0 Å². The van der Waals surface area contributed by atoms with E-state index in [0.29, 0.717) is 5.92 Å². The van der Waals surface area contributed by atoms with Gasteiger partial charge in [-0.3, -0.25) is 9.58 Å². The highest BCUT2D eigenvalue weighted by Crippen LogP contribution is 2.27. The van der Waals surface area contributed by atoms with Crippen LogP contribution in [-0.4, -0.2) is 42.7 Å². The lowest BCUT2D eigenvalue weighted by Crippen LogP contribution is -2.34. The highest BCUT2D eigenvalue weighted by molar-refractivity contribution is 5.55. The molecule has 4 rings (SSSR count). The summed E-state index contributed by atoms with van der Waals surface area (Å²) in [5, 5.41) is 7.64. The Morgan fingerprint density at radius 1 is 1.25 bits per heavy atom. The molecule has 0 bridgehead atoms. The van der Waals surface area contributed by atoms with Gasteiger partial charge in [0.25, 0.3) is 0 Å².